The first kappa shape index (κ1) is 13.3. The van der Waals surface area contributed by atoms with Crippen molar-refractivity contribution in [1.29, 1.82) is 0 Å². The van der Waals surface area contributed by atoms with Crippen LogP contribution in [0, 0.1) is 6.92 Å². The molecule has 0 aliphatic rings. The fourth-order valence-corrected chi connectivity index (χ4v) is 2.07. The number of nitrogens with one attached hydrogen (secondary N) is 2. The number of ketones is 1. The Bertz CT molecular complexity index is 628. The van der Waals surface area contributed by atoms with E-state index < -0.39 is 11.7 Å². The second-order valence-corrected chi connectivity index (χ2v) is 4.78. The topological polar surface area (TPSA) is 62.0 Å². The lowest BCUT2D eigenvalue weighted by Crippen LogP contribution is -2.37. The lowest BCUT2D eigenvalue weighted by molar-refractivity contribution is -0.117. The van der Waals surface area contributed by atoms with Crippen LogP contribution >= 0.6 is 0 Å². The van der Waals surface area contributed by atoms with E-state index in [4.69, 9.17) is 0 Å². The maximum Gasteiger partial charge on any atom is 0.292 e. The molecule has 4 nitrogen and oxygen atoms in total. The minimum atomic E-state index is -0.540. The summed E-state index contributed by atoms with van der Waals surface area (Å²) >= 11 is 0. The summed E-state index contributed by atoms with van der Waals surface area (Å²) in [5.41, 5.74) is 2.07. The highest BCUT2D eigenvalue weighted by atomic mass is 16.2. The maximum absolute atomic E-state index is 12.3. The van der Waals surface area contributed by atoms with Gasteiger partial charge in [0.2, 0.25) is 0 Å². The number of carbonyl (C=O) groups is 2. The first-order chi connectivity index (χ1) is 9.04. The number of para-hydroxylation sites is 1. The van der Waals surface area contributed by atoms with E-state index in [0.29, 0.717) is 5.56 Å². The molecule has 1 heterocycles. The van der Waals surface area contributed by atoms with Gasteiger partial charge in [0.25, 0.3) is 11.7 Å². The van der Waals surface area contributed by atoms with Gasteiger partial charge in [-0.1, -0.05) is 25.1 Å². The van der Waals surface area contributed by atoms with Gasteiger partial charge in [-0.2, -0.15) is 0 Å². The lowest BCUT2D eigenvalue weighted by atomic mass is 10.1. The summed E-state index contributed by atoms with van der Waals surface area (Å²) in [4.78, 5) is 27.3. The smallest absolute Gasteiger partial charge is 0.292 e. The standard InChI is InChI=1S/C15H18N2O2/c1-4-9(2)16-15(19)14(18)13-10(3)17-12-8-6-5-7-11(12)13/h5-9,17H,4H2,1-3H3,(H,16,19)/t9-/m1/s1. The molecule has 2 aromatic rings. The number of fused-ring (bicyclic) bond motifs is 1. The first-order valence-corrected chi connectivity index (χ1v) is 6.47. The van der Waals surface area contributed by atoms with E-state index in [2.05, 4.69) is 10.3 Å². The van der Waals surface area contributed by atoms with Crippen molar-refractivity contribution in [2.24, 2.45) is 0 Å². The molecule has 0 radical (unpaired) electrons. The first-order valence-electron chi connectivity index (χ1n) is 6.47. The van der Waals surface area contributed by atoms with Crippen molar-refractivity contribution in [3.8, 4) is 0 Å². The van der Waals surface area contributed by atoms with Gasteiger partial charge >= 0.3 is 0 Å². The largest absolute Gasteiger partial charge is 0.358 e. The molecule has 1 aromatic carbocycles. The van der Waals surface area contributed by atoms with Crippen LogP contribution < -0.4 is 5.32 Å². The maximum atomic E-state index is 12.3. The molecule has 0 aliphatic heterocycles. The molecule has 0 aliphatic carbocycles. The van der Waals surface area contributed by atoms with E-state index in [1.54, 1.807) is 0 Å². The van der Waals surface area contributed by atoms with Crippen LogP contribution in [0.2, 0.25) is 0 Å². The Hall–Kier alpha value is -2.10. The molecule has 1 atom stereocenters. The number of rotatable bonds is 4. The van der Waals surface area contributed by atoms with Gasteiger partial charge in [-0.05, 0) is 26.3 Å². The van der Waals surface area contributed by atoms with Crippen LogP contribution in [0.15, 0.2) is 24.3 Å². The Morgan fingerprint density at radius 1 is 1.32 bits per heavy atom. The summed E-state index contributed by atoms with van der Waals surface area (Å²) in [6, 6.07) is 7.50. The van der Waals surface area contributed by atoms with Crippen LogP contribution in [0.4, 0.5) is 0 Å². The molecule has 19 heavy (non-hydrogen) atoms. The third-order valence-electron chi connectivity index (χ3n) is 3.32. The Kier molecular flexibility index (Phi) is 3.69. The van der Waals surface area contributed by atoms with Gasteiger partial charge in [0.15, 0.2) is 0 Å². The van der Waals surface area contributed by atoms with E-state index in [9.17, 15) is 9.59 Å². The van der Waals surface area contributed by atoms with Crippen LogP contribution in [-0.2, 0) is 4.79 Å². The third kappa shape index (κ3) is 2.52. The molecule has 2 rings (SSSR count). The Balaban J connectivity index is 2.36. The number of aryl methyl sites for hydroxylation is 1. The number of hydrogen-bond acceptors (Lipinski definition) is 2. The number of carbonyl (C=O) groups excluding carboxylic acids is 2. The number of hydrogen-bond donors (Lipinski definition) is 2. The van der Waals surface area contributed by atoms with Gasteiger partial charge in [0.1, 0.15) is 0 Å². The zero-order valence-electron chi connectivity index (χ0n) is 11.4. The lowest BCUT2D eigenvalue weighted by Gasteiger charge is -2.10. The van der Waals surface area contributed by atoms with E-state index in [1.165, 1.54) is 0 Å². The SMILES string of the molecule is CC[C@@H](C)NC(=O)C(=O)c1c(C)[nH]c2ccccc12. The highest BCUT2D eigenvalue weighted by Gasteiger charge is 2.23. The molecular formula is C15H18N2O2. The molecule has 0 spiro atoms. The van der Waals surface area contributed by atoms with Gasteiger partial charge in [0, 0.05) is 22.6 Å². The van der Waals surface area contributed by atoms with Crippen molar-refractivity contribution in [1.82, 2.24) is 10.3 Å². The quantitative estimate of drug-likeness (QED) is 0.654. The van der Waals surface area contributed by atoms with Crippen molar-refractivity contribution >= 4 is 22.6 Å². The van der Waals surface area contributed by atoms with Crippen molar-refractivity contribution < 1.29 is 9.59 Å². The molecule has 1 amide bonds. The molecule has 0 saturated carbocycles. The zero-order valence-corrected chi connectivity index (χ0v) is 11.4. The summed E-state index contributed by atoms with van der Waals surface area (Å²) in [7, 11) is 0. The number of Topliss-reactive ketones (excluding diaryl/α,β-unsaturated/α-hetero) is 1. The third-order valence-corrected chi connectivity index (χ3v) is 3.32. The monoisotopic (exact) mass is 258 g/mol. The second kappa shape index (κ2) is 5.26. The predicted molar refractivity (Wildman–Crippen MR) is 75.3 cm³/mol. The summed E-state index contributed by atoms with van der Waals surface area (Å²) in [5, 5.41) is 3.50. The van der Waals surface area contributed by atoms with Gasteiger partial charge in [0.05, 0.1) is 5.56 Å². The molecule has 4 heteroatoms. The molecular weight excluding hydrogens is 240 g/mol. The average Bonchev–Trinajstić information content (AvgIpc) is 2.73. The average molecular weight is 258 g/mol. The Morgan fingerprint density at radius 2 is 2.00 bits per heavy atom. The highest BCUT2D eigenvalue weighted by Crippen LogP contribution is 2.22. The van der Waals surface area contributed by atoms with Crippen LogP contribution in [0.3, 0.4) is 0 Å². The van der Waals surface area contributed by atoms with E-state index in [0.717, 1.165) is 23.0 Å². The molecule has 1 aromatic heterocycles. The van der Waals surface area contributed by atoms with Crippen LogP contribution in [0.25, 0.3) is 10.9 Å². The highest BCUT2D eigenvalue weighted by molar-refractivity contribution is 6.45. The van der Waals surface area contributed by atoms with Gasteiger partial charge in [-0.3, -0.25) is 9.59 Å². The Labute approximate surface area is 112 Å². The normalized spacial score (nSPS) is 12.4. The van der Waals surface area contributed by atoms with Crippen LogP contribution in [0.1, 0.15) is 36.3 Å². The van der Waals surface area contributed by atoms with Crippen LogP contribution in [0.5, 0.6) is 0 Å². The van der Waals surface area contributed by atoms with Crippen molar-refractivity contribution in [3.63, 3.8) is 0 Å². The van der Waals surface area contributed by atoms with Gasteiger partial charge < -0.3 is 10.3 Å². The summed E-state index contributed by atoms with van der Waals surface area (Å²) in [6.45, 7) is 5.66. The molecule has 0 saturated heterocycles. The van der Waals surface area contributed by atoms with E-state index in [-0.39, 0.29) is 6.04 Å². The zero-order chi connectivity index (χ0) is 14.0. The summed E-state index contributed by atoms with van der Waals surface area (Å²) < 4.78 is 0. The van der Waals surface area contributed by atoms with Gasteiger partial charge in [-0.25, -0.2) is 0 Å². The fourth-order valence-electron chi connectivity index (χ4n) is 2.07. The fraction of sp³-hybridized carbons (Fsp3) is 0.333. The van der Waals surface area contributed by atoms with E-state index in [1.807, 2.05) is 45.0 Å². The second-order valence-electron chi connectivity index (χ2n) is 4.78. The van der Waals surface area contributed by atoms with Crippen molar-refractivity contribution in [2.45, 2.75) is 33.2 Å². The summed E-state index contributed by atoms with van der Waals surface area (Å²) in [5.74, 6) is -1.02. The van der Waals surface area contributed by atoms with Crippen molar-refractivity contribution in [2.75, 3.05) is 0 Å². The van der Waals surface area contributed by atoms with Gasteiger partial charge in [-0.15, -0.1) is 0 Å². The van der Waals surface area contributed by atoms with E-state index >= 15 is 0 Å². The number of aromatic nitrogens is 1. The van der Waals surface area contributed by atoms with Crippen molar-refractivity contribution in [3.05, 3.63) is 35.5 Å². The minimum absolute atomic E-state index is 0.00182. The molecule has 0 bridgehead atoms. The minimum Gasteiger partial charge on any atom is -0.358 e. The molecule has 100 valence electrons. The molecule has 2 N–H and O–H groups in total. The molecule has 0 fully saturated rings. The van der Waals surface area contributed by atoms with Crippen LogP contribution in [-0.4, -0.2) is 22.7 Å². The number of aromatic amines is 1. The predicted octanol–water partition coefficient (Wildman–Crippen LogP) is 2.57. The number of H-pyrrole nitrogens is 1. The summed E-state index contributed by atoms with van der Waals surface area (Å²) in [6.07, 6.45) is 0.798. The number of benzene rings is 1. The Morgan fingerprint density at radius 3 is 2.68 bits per heavy atom. The number of amides is 1. The molecule has 0 unspecified atom stereocenters.